The first-order valence-electron chi connectivity index (χ1n) is 5.31. The summed E-state index contributed by atoms with van der Waals surface area (Å²) in [5.74, 6) is 0.138. The Kier molecular flexibility index (Phi) is 4.35. The second-order valence-electron chi connectivity index (χ2n) is 4.08. The van der Waals surface area contributed by atoms with Gasteiger partial charge >= 0.3 is 0 Å². The molecule has 1 aliphatic rings. The van der Waals surface area contributed by atoms with Gasteiger partial charge in [-0.25, -0.2) is 0 Å². The van der Waals surface area contributed by atoms with Crippen LogP contribution in [-0.2, 0) is 4.79 Å². The number of rotatable bonds is 4. The van der Waals surface area contributed by atoms with Crippen molar-refractivity contribution in [1.29, 1.82) is 0 Å². The van der Waals surface area contributed by atoms with E-state index in [1.54, 1.807) is 4.90 Å². The Balaban J connectivity index is 2.35. The van der Waals surface area contributed by atoms with Crippen LogP contribution in [-0.4, -0.2) is 41.1 Å². The standard InChI is InChI=1S/C10H20N2O2/c1-8(11)4-5-10(14)12-6-2-3-9(12)7-13/h8-9,13H,2-7,11H2,1H3. The SMILES string of the molecule is CC(N)CCC(=O)N1CCCC1CO. The summed E-state index contributed by atoms with van der Waals surface area (Å²) in [4.78, 5) is 13.5. The van der Waals surface area contributed by atoms with Gasteiger partial charge in [-0.2, -0.15) is 0 Å². The van der Waals surface area contributed by atoms with Crippen LogP contribution in [0.25, 0.3) is 0 Å². The zero-order chi connectivity index (χ0) is 10.6. The van der Waals surface area contributed by atoms with Crippen LogP contribution in [0.3, 0.4) is 0 Å². The minimum Gasteiger partial charge on any atom is -0.394 e. The highest BCUT2D eigenvalue weighted by atomic mass is 16.3. The van der Waals surface area contributed by atoms with Gasteiger partial charge in [-0.3, -0.25) is 4.79 Å². The van der Waals surface area contributed by atoms with Crippen molar-refractivity contribution in [3.63, 3.8) is 0 Å². The molecule has 14 heavy (non-hydrogen) atoms. The van der Waals surface area contributed by atoms with E-state index in [-0.39, 0.29) is 24.6 Å². The quantitative estimate of drug-likeness (QED) is 0.676. The van der Waals surface area contributed by atoms with Crippen LogP contribution in [0.4, 0.5) is 0 Å². The van der Waals surface area contributed by atoms with Crippen LogP contribution < -0.4 is 5.73 Å². The molecule has 4 heteroatoms. The maximum absolute atomic E-state index is 11.7. The van der Waals surface area contributed by atoms with Crippen molar-refractivity contribution in [2.24, 2.45) is 5.73 Å². The summed E-state index contributed by atoms with van der Waals surface area (Å²) >= 11 is 0. The largest absolute Gasteiger partial charge is 0.394 e. The molecule has 1 fully saturated rings. The molecule has 3 N–H and O–H groups in total. The van der Waals surface area contributed by atoms with Crippen LogP contribution in [0.15, 0.2) is 0 Å². The van der Waals surface area contributed by atoms with E-state index in [2.05, 4.69) is 0 Å². The third-order valence-electron chi connectivity index (χ3n) is 2.72. The van der Waals surface area contributed by atoms with Gasteiger partial charge in [0.25, 0.3) is 0 Å². The van der Waals surface area contributed by atoms with Gasteiger partial charge in [-0.05, 0) is 26.2 Å². The number of hydrogen-bond acceptors (Lipinski definition) is 3. The Morgan fingerprint density at radius 3 is 3.00 bits per heavy atom. The van der Waals surface area contributed by atoms with E-state index < -0.39 is 0 Å². The minimum absolute atomic E-state index is 0.0515. The molecule has 0 radical (unpaired) electrons. The average molecular weight is 200 g/mol. The lowest BCUT2D eigenvalue weighted by Gasteiger charge is -2.23. The third-order valence-corrected chi connectivity index (χ3v) is 2.72. The van der Waals surface area contributed by atoms with Crippen molar-refractivity contribution in [1.82, 2.24) is 4.90 Å². The molecule has 1 heterocycles. The highest BCUT2D eigenvalue weighted by Crippen LogP contribution is 2.18. The molecule has 1 saturated heterocycles. The van der Waals surface area contributed by atoms with E-state index in [0.717, 1.165) is 25.8 Å². The van der Waals surface area contributed by atoms with Crippen molar-refractivity contribution in [3.05, 3.63) is 0 Å². The van der Waals surface area contributed by atoms with Gasteiger partial charge in [0.1, 0.15) is 0 Å². The summed E-state index contributed by atoms with van der Waals surface area (Å²) in [6.45, 7) is 2.79. The number of amides is 1. The van der Waals surface area contributed by atoms with Gasteiger partial charge in [0.05, 0.1) is 12.6 Å². The Labute approximate surface area is 85.1 Å². The topological polar surface area (TPSA) is 66.6 Å². The second kappa shape index (κ2) is 5.32. The van der Waals surface area contributed by atoms with E-state index in [9.17, 15) is 4.79 Å². The lowest BCUT2D eigenvalue weighted by molar-refractivity contribution is -0.132. The number of aliphatic hydroxyl groups is 1. The van der Waals surface area contributed by atoms with Gasteiger partial charge in [-0.15, -0.1) is 0 Å². The van der Waals surface area contributed by atoms with Crippen molar-refractivity contribution >= 4 is 5.91 Å². The van der Waals surface area contributed by atoms with Crippen molar-refractivity contribution in [2.75, 3.05) is 13.2 Å². The lowest BCUT2D eigenvalue weighted by atomic mass is 10.1. The fourth-order valence-electron chi connectivity index (χ4n) is 1.85. The normalized spacial score (nSPS) is 23.9. The van der Waals surface area contributed by atoms with E-state index in [1.807, 2.05) is 6.92 Å². The number of nitrogens with two attached hydrogens (primary N) is 1. The van der Waals surface area contributed by atoms with Gasteiger partial charge < -0.3 is 15.7 Å². The van der Waals surface area contributed by atoms with E-state index in [4.69, 9.17) is 10.8 Å². The Morgan fingerprint density at radius 1 is 1.71 bits per heavy atom. The Morgan fingerprint density at radius 2 is 2.43 bits per heavy atom. The fourth-order valence-corrected chi connectivity index (χ4v) is 1.85. The molecule has 1 amide bonds. The smallest absolute Gasteiger partial charge is 0.222 e. The first kappa shape index (κ1) is 11.5. The number of likely N-dealkylation sites (tertiary alicyclic amines) is 1. The lowest BCUT2D eigenvalue weighted by Crippen LogP contribution is -2.38. The molecule has 0 aromatic rings. The zero-order valence-electron chi connectivity index (χ0n) is 8.78. The van der Waals surface area contributed by atoms with Gasteiger partial charge in [0.15, 0.2) is 0 Å². The molecule has 0 aromatic carbocycles. The molecule has 0 aliphatic carbocycles. The number of aliphatic hydroxyl groups excluding tert-OH is 1. The molecular weight excluding hydrogens is 180 g/mol. The monoisotopic (exact) mass is 200 g/mol. The second-order valence-corrected chi connectivity index (χ2v) is 4.08. The van der Waals surface area contributed by atoms with E-state index >= 15 is 0 Å². The minimum atomic E-state index is 0.0515. The van der Waals surface area contributed by atoms with Crippen molar-refractivity contribution < 1.29 is 9.90 Å². The maximum atomic E-state index is 11.7. The third kappa shape index (κ3) is 2.96. The molecule has 2 unspecified atom stereocenters. The summed E-state index contributed by atoms with van der Waals surface area (Å²) < 4.78 is 0. The highest BCUT2D eigenvalue weighted by molar-refractivity contribution is 5.76. The highest BCUT2D eigenvalue weighted by Gasteiger charge is 2.27. The molecule has 0 saturated carbocycles. The first-order valence-corrected chi connectivity index (χ1v) is 5.31. The average Bonchev–Trinajstić information content (AvgIpc) is 2.61. The van der Waals surface area contributed by atoms with Gasteiger partial charge in [0.2, 0.25) is 5.91 Å². The predicted octanol–water partition coefficient (Wildman–Crippen LogP) is 0.0971. The molecular formula is C10H20N2O2. The van der Waals surface area contributed by atoms with Crippen LogP contribution in [0.5, 0.6) is 0 Å². The van der Waals surface area contributed by atoms with Gasteiger partial charge in [0, 0.05) is 19.0 Å². The summed E-state index contributed by atoms with van der Waals surface area (Å²) in [5, 5.41) is 9.04. The van der Waals surface area contributed by atoms with E-state index in [0.29, 0.717) is 6.42 Å². The number of carbonyl (C=O) groups excluding carboxylic acids is 1. The summed E-state index contributed by atoms with van der Waals surface area (Å²) in [5.41, 5.74) is 5.59. The van der Waals surface area contributed by atoms with Crippen molar-refractivity contribution in [3.8, 4) is 0 Å². The molecule has 0 aromatic heterocycles. The van der Waals surface area contributed by atoms with Crippen LogP contribution in [0.1, 0.15) is 32.6 Å². The zero-order valence-corrected chi connectivity index (χ0v) is 8.78. The molecule has 4 nitrogen and oxygen atoms in total. The Hall–Kier alpha value is -0.610. The summed E-state index contributed by atoms with van der Waals surface area (Å²) in [7, 11) is 0. The summed E-state index contributed by atoms with van der Waals surface area (Å²) in [6.07, 6.45) is 3.18. The number of nitrogens with zero attached hydrogens (tertiary/aromatic N) is 1. The number of carbonyl (C=O) groups is 1. The molecule has 0 spiro atoms. The summed E-state index contributed by atoms with van der Waals surface area (Å²) in [6, 6.07) is 0.129. The maximum Gasteiger partial charge on any atom is 0.222 e. The molecule has 1 aliphatic heterocycles. The Bertz CT molecular complexity index is 195. The molecule has 1 rings (SSSR count). The number of hydrogen-bond donors (Lipinski definition) is 2. The first-order chi connectivity index (χ1) is 6.65. The van der Waals surface area contributed by atoms with Crippen LogP contribution >= 0.6 is 0 Å². The fraction of sp³-hybridized carbons (Fsp3) is 0.900. The van der Waals surface area contributed by atoms with Gasteiger partial charge in [-0.1, -0.05) is 0 Å². The molecule has 0 bridgehead atoms. The molecule has 2 atom stereocenters. The van der Waals surface area contributed by atoms with Crippen LogP contribution in [0.2, 0.25) is 0 Å². The predicted molar refractivity (Wildman–Crippen MR) is 54.7 cm³/mol. The molecule has 82 valence electrons. The van der Waals surface area contributed by atoms with E-state index in [1.165, 1.54) is 0 Å². The van der Waals surface area contributed by atoms with Crippen LogP contribution in [0, 0.1) is 0 Å². The van der Waals surface area contributed by atoms with Crippen molar-refractivity contribution in [2.45, 2.75) is 44.7 Å².